The first-order chi connectivity index (χ1) is 71.0. The van der Waals surface area contributed by atoms with Crippen LogP contribution in [0.5, 0.6) is 17.2 Å². The third-order valence-electron chi connectivity index (χ3n) is 25.5. The molecular formula is C127H124N2O9S6+6. The van der Waals surface area contributed by atoms with Gasteiger partial charge in [0.1, 0.15) is 65.5 Å². The molecule has 0 spiro atoms. The summed E-state index contributed by atoms with van der Waals surface area (Å²) in [6, 6.07) is 166. The van der Waals surface area contributed by atoms with Crippen molar-refractivity contribution in [2.45, 2.75) is 129 Å². The highest BCUT2D eigenvalue weighted by molar-refractivity contribution is 7.99. The predicted molar refractivity (Wildman–Crippen MR) is 594 cm³/mol. The Hall–Kier alpha value is -13.1. The molecule has 11 nitrogen and oxygen atoms in total. The first-order valence-corrected chi connectivity index (χ1v) is 56.7. The normalized spacial score (nSPS) is 15.4. The summed E-state index contributed by atoms with van der Waals surface area (Å²) in [7, 11) is 4.92. The largest absolute Gasteiger partial charge is 0.491 e. The molecule has 23 rings (SSSR count). The van der Waals surface area contributed by atoms with Gasteiger partial charge in [0.2, 0.25) is 0 Å². The van der Waals surface area contributed by atoms with Gasteiger partial charge in [0.05, 0.1) is 92.8 Å². The molecule has 0 radical (unpaired) electrons. The first kappa shape index (κ1) is 102. The lowest BCUT2D eigenvalue weighted by molar-refractivity contribution is -0.142. The van der Waals surface area contributed by atoms with Gasteiger partial charge in [-0.3, -0.25) is 9.59 Å². The number of methoxy groups -OCH3 is 2. The molecule has 2 heterocycles. The summed E-state index contributed by atoms with van der Waals surface area (Å²) < 4.78 is 37.3. The Balaban J connectivity index is 0.000000119. The lowest BCUT2D eigenvalue weighted by Crippen LogP contribution is -2.51. The van der Waals surface area contributed by atoms with E-state index in [0.29, 0.717) is 57.8 Å². The molecule has 0 saturated heterocycles. The smallest absolute Gasteiger partial charge is 0.302 e. The van der Waals surface area contributed by atoms with E-state index in [1.807, 2.05) is 48.5 Å². The van der Waals surface area contributed by atoms with Crippen LogP contribution in [0.15, 0.2) is 556 Å². The fourth-order valence-electron chi connectivity index (χ4n) is 19.3. The number of ether oxygens (including phenoxy) is 7. The topological polar surface area (TPSA) is 114 Å². The van der Waals surface area contributed by atoms with Crippen LogP contribution in [0, 0.1) is 23.2 Å². The highest BCUT2D eigenvalue weighted by atomic mass is 32.2. The number of carbonyl (C=O) groups excluding carboxylic acids is 2. The molecule has 726 valence electrons. The second-order valence-corrected chi connectivity index (χ2v) is 47.3. The van der Waals surface area contributed by atoms with Crippen molar-refractivity contribution in [3.05, 3.63) is 473 Å². The van der Waals surface area contributed by atoms with Crippen LogP contribution in [0.4, 0.5) is 22.7 Å². The summed E-state index contributed by atoms with van der Waals surface area (Å²) in [6.45, 7) is 5.46. The number of carbonyl (C=O) groups is 2. The van der Waals surface area contributed by atoms with Gasteiger partial charge in [0.15, 0.2) is 94.8 Å². The molecule has 17 heteroatoms. The first-order valence-electron chi connectivity index (χ1n) is 49.2. The fraction of sp³-hybridized carbons (Fsp3) is 0.181. The highest BCUT2D eigenvalue weighted by Crippen LogP contribution is 2.61. The number of para-hydroxylation sites is 4. The maximum Gasteiger partial charge on any atom is 0.302 e. The molecule has 17 aromatic rings. The molecule has 0 atom stereocenters. The number of benzene rings is 17. The Morgan fingerprint density at radius 2 is 0.556 bits per heavy atom. The highest BCUT2D eigenvalue weighted by Gasteiger charge is 2.56. The Morgan fingerprint density at radius 1 is 0.299 bits per heavy atom. The standard InChI is InChI=1S/C24H27OS.C23H25O3S.C22H21O3S.C21H21O2S.C19H16NS.C18H14NS/c25-23(24-14-18-11-19(15-24)13-20(12-18)16-24)17-26(21-7-3-1-4-8-21)22-9-5-2-6-10-22;1-24-16-17-25-18-19-26-20-12-14-23(15-13-20)27(21-8-4-2-5-9-21)22-10-6-3-7-11-22;1-18(23)24-16-17-25-19-12-14-22(15-13-19)26(20-8-4-2-5-9-20)21-10-6-3-7-11-21;1-22-16-17-23-18-12-14-21(15-13-18)24(19-8-4-2-5-9-19)20-10-6-3-7-11-20;1-20-16-11-5-7-13-18(16)21(15-9-3-2-4-10-15)19-14-8-6-12-17(19)20;1-2-8-14(9-3-1)20-17-12-6-4-10-15(17)19-16-11-5-7-13-18(16)20/h1-10,18-20H,11-17H2;2-15H,16-19H2,1H3;2-15H,16-17H2,1H3;2-15H,16-17H2,1H3;2-14H,1H3;1-13,19H/q6*+1. The maximum atomic E-state index is 13.7. The average Bonchev–Trinajstić information content (AvgIpc) is 0.731. The zero-order chi connectivity index (χ0) is 98.7. The predicted octanol–water partition coefficient (Wildman–Crippen LogP) is 29.6. The summed E-state index contributed by atoms with van der Waals surface area (Å²) in [6.07, 6.45) is 7.73. The number of fused-ring (bicyclic) bond motifs is 4. The second-order valence-electron chi connectivity index (χ2n) is 35.3. The summed E-state index contributed by atoms with van der Waals surface area (Å²) in [4.78, 5) is 49.2. The van der Waals surface area contributed by atoms with Crippen molar-refractivity contribution >= 4 is 99.9 Å². The van der Waals surface area contributed by atoms with Crippen LogP contribution >= 0.6 is 0 Å². The van der Waals surface area contributed by atoms with E-state index in [9.17, 15) is 9.59 Å². The van der Waals surface area contributed by atoms with E-state index in [2.05, 4.69) is 442 Å². The third kappa shape index (κ3) is 27.3. The van der Waals surface area contributed by atoms with E-state index in [4.69, 9.17) is 33.2 Å². The van der Waals surface area contributed by atoms with Gasteiger partial charge in [-0.25, -0.2) is 0 Å². The van der Waals surface area contributed by atoms with Crippen molar-refractivity contribution in [1.29, 1.82) is 0 Å². The van der Waals surface area contributed by atoms with Crippen molar-refractivity contribution in [3.8, 4) is 17.2 Å². The van der Waals surface area contributed by atoms with Crippen molar-refractivity contribution in [2.75, 3.05) is 90.1 Å². The van der Waals surface area contributed by atoms with Crippen LogP contribution in [-0.4, -0.2) is 91.6 Å². The van der Waals surface area contributed by atoms with E-state index < -0.39 is 0 Å². The molecular weight excluding hydrogens is 1890 g/mol. The van der Waals surface area contributed by atoms with Gasteiger partial charge >= 0.3 is 5.97 Å². The lowest BCUT2D eigenvalue weighted by Gasteiger charge is -2.55. The summed E-state index contributed by atoms with van der Waals surface area (Å²) >= 11 is 0. The number of anilines is 4. The SMILES string of the molecule is CC(=O)OCCOc1ccc([S+](c2ccccc2)c2ccccc2)cc1.CN1c2ccccc2[S+](c2ccccc2)c2ccccc21.COCCOCCOc1ccc([S+](c2ccccc2)c2ccccc2)cc1.COCCOc1ccc([S+](c2ccccc2)c2ccccc2)cc1.O=C(C[S+](c1ccccc1)c1ccccc1)C12CC3CC(CC(C3)C1)C2.c1ccc([S+]2c3ccccc3Nc3ccccc32)cc1. The number of hydrogen-bond donors (Lipinski definition) is 1. The zero-order valence-corrected chi connectivity index (χ0v) is 86.8. The number of nitrogens with zero attached hydrogens (tertiary/aromatic N) is 1. The minimum absolute atomic E-state index is 0.0174. The van der Waals surface area contributed by atoms with Crippen LogP contribution in [0.1, 0.15) is 45.4 Å². The van der Waals surface area contributed by atoms with Crippen LogP contribution in [0.3, 0.4) is 0 Å². The van der Waals surface area contributed by atoms with E-state index in [1.165, 1.54) is 151 Å². The molecule has 4 saturated carbocycles. The van der Waals surface area contributed by atoms with E-state index in [-0.39, 0.29) is 83.4 Å². The average molecular weight is 2010 g/mol. The number of nitrogens with one attached hydrogen (secondary N) is 1. The monoisotopic (exact) mass is 2010 g/mol. The molecule has 1 N–H and O–H groups in total. The Bertz CT molecular complexity index is 6480. The number of esters is 1. The minimum Gasteiger partial charge on any atom is -0.491 e. The van der Waals surface area contributed by atoms with Gasteiger partial charge in [-0.1, -0.05) is 231 Å². The molecule has 4 bridgehead atoms. The number of Topliss-reactive ketones (excluding diaryl/α,β-unsaturated/α-hetero) is 1. The quantitative estimate of drug-likeness (QED) is 0.0254. The number of ketones is 1. The van der Waals surface area contributed by atoms with Crippen molar-refractivity contribution < 1.29 is 42.7 Å². The molecule has 0 amide bonds. The molecule has 4 aliphatic carbocycles. The zero-order valence-electron chi connectivity index (χ0n) is 81.9. The molecule has 0 aromatic heterocycles. The Kier molecular flexibility index (Phi) is 37.6. The summed E-state index contributed by atoms with van der Waals surface area (Å²) in [5.74, 6) is 5.97. The Morgan fingerprint density at radius 3 is 0.882 bits per heavy atom. The van der Waals surface area contributed by atoms with Crippen molar-refractivity contribution in [1.82, 2.24) is 0 Å². The van der Waals surface area contributed by atoms with E-state index >= 15 is 0 Å². The molecule has 4 fully saturated rings. The molecule has 17 aromatic carbocycles. The maximum absolute atomic E-state index is 13.7. The van der Waals surface area contributed by atoms with Gasteiger partial charge in [0.25, 0.3) is 0 Å². The van der Waals surface area contributed by atoms with Gasteiger partial charge in [-0.15, -0.1) is 0 Å². The van der Waals surface area contributed by atoms with Crippen LogP contribution < -0.4 is 24.4 Å². The summed E-state index contributed by atoms with van der Waals surface area (Å²) in [5.41, 5.74) is 5.08. The Labute approximate surface area is 867 Å². The van der Waals surface area contributed by atoms with Crippen LogP contribution in [0.25, 0.3) is 0 Å². The molecule has 2 aliphatic heterocycles. The van der Waals surface area contributed by atoms with Crippen LogP contribution in [0.2, 0.25) is 0 Å². The van der Waals surface area contributed by atoms with Gasteiger partial charge in [-0.05, 0) is 299 Å². The number of rotatable bonds is 31. The van der Waals surface area contributed by atoms with E-state index in [0.717, 1.165) is 35.0 Å². The third-order valence-corrected chi connectivity index (χ3v) is 39.1. The number of hydrogen-bond acceptors (Lipinski definition) is 11. The van der Waals surface area contributed by atoms with Crippen LogP contribution in [-0.2, 0) is 93.9 Å². The van der Waals surface area contributed by atoms with Gasteiger partial charge < -0.3 is 43.4 Å². The van der Waals surface area contributed by atoms with Gasteiger partial charge in [-0.2, -0.15) is 0 Å². The summed E-state index contributed by atoms with van der Waals surface area (Å²) in [5, 5.41) is 3.55. The van der Waals surface area contributed by atoms with E-state index in [1.54, 1.807) is 14.2 Å². The minimum atomic E-state index is -0.293. The lowest BCUT2D eigenvalue weighted by atomic mass is 9.48. The molecule has 144 heavy (non-hydrogen) atoms. The van der Waals surface area contributed by atoms with Gasteiger partial charge in [0, 0.05) is 33.6 Å². The van der Waals surface area contributed by atoms with Crippen molar-refractivity contribution in [2.24, 2.45) is 23.2 Å². The molecule has 0 unspecified atom stereocenters. The second kappa shape index (κ2) is 52.9. The molecule has 6 aliphatic rings. The fourth-order valence-corrected chi connectivity index (χ4v) is 32.4. The van der Waals surface area contributed by atoms with Crippen molar-refractivity contribution in [3.63, 3.8) is 0 Å².